The lowest BCUT2D eigenvalue weighted by molar-refractivity contribution is 0.131. The Morgan fingerprint density at radius 3 is 2.76 bits per heavy atom. The summed E-state index contributed by atoms with van der Waals surface area (Å²) >= 11 is 0. The normalized spacial score (nSPS) is 18.2. The SMILES string of the molecule is CCNc1cc2c(cn1)c(-c1cnn(C)c1)nn2[C@H]1CC[C@@H](Oc2cccc(C#N)c2)CC1. The fourth-order valence-electron chi connectivity index (χ4n) is 4.58. The van der Waals surface area contributed by atoms with Gasteiger partial charge in [0, 0.05) is 43.0 Å². The average Bonchev–Trinajstić information content (AvgIpc) is 3.43. The number of pyridine rings is 1. The quantitative estimate of drug-likeness (QED) is 0.466. The fraction of sp³-hybridized carbons (Fsp3) is 0.360. The van der Waals surface area contributed by atoms with E-state index >= 15 is 0 Å². The molecule has 0 aliphatic heterocycles. The molecular weight excluding hydrogens is 414 g/mol. The number of hydrogen-bond acceptors (Lipinski definition) is 6. The number of benzene rings is 1. The zero-order valence-electron chi connectivity index (χ0n) is 18.9. The van der Waals surface area contributed by atoms with E-state index in [1.807, 2.05) is 43.8 Å². The summed E-state index contributed by atoms with van der Waals surface area (Å²) in [4.78, 5) is 4.59. The lowest BCUT2D eigenvalue weighted by Crippen LogP contribution is -2.26. The minimum Gasteiger partial charge on any atom is -0.490 e. The predicted molar refractivity (Wildman–Crippen MR) is 127 cm³/mol. The van der Waals surface area contributed by atoms with Gasteiger partial charge in [-0.25, -0.2) is 4.98 Å². The summed E-state index contributed by atoms with van der Waals surface area (Å²) < 4.78 is 10.2. The van der Waals surface area contributed by atoms with Crippen molar-refractivity contribution in [1.29, 1.82) is 5.26 Å². The van der Waals surface area contributed by atoms with Crippen molar-refractivity contribution in [1.82, 2.24) is 24.5 Å². The Morgan fingerprint density at radius 1 is 1.18 bits per heavy atom. The molecule has 0 atom stereocenters. The van der Waals surface area contributed by atoms with Crippen LogP contribution in [-0.2, 0) is 7.05 Å². The van der Waals surface area contributed by atoms with E-state index in [0.29, 0.717) is 11.6 Å². The van der Waals surface area contributed by atoms with Crippen molar-refractivity contribution in [2.45, 2.75) is 44.8 Å². The highest BCUT2D eigenvalue weighted by molar-refractivity contribution is 5.93. The summed E-state index contributed by atoms with van der Waals surface area (Å²) in [6.07, 6.45) is 9.74. The number of ether oxygens (including phenoxy) is 1. The molecule has 0 amide bonds. The first-order valence-electron chi connectivity index (χ1n) is 11.4. The third-order valence-corrected chi connectivity index (χ3v) is 6.18. The molecule has 0 unspecified atom stereocenters. The van der Waals surface area contributed by atoms with E-state index in [1.54, 1.807) is 10.7 Å². The summed E-state index contributed by atoms with van der Waals surface area (Å²) in [6.45, 7) is 2.88. The monoisotopic (exact) mass is 441 g/mol. The number of aromatic nitrogens is 5. The molecule has 8 heteroatoms. The molecule has 1 aromatic carbocycles. The lowest BCUT2D eigenvalue weighted by atomic mass is 9.93. The molecule has 0 radical (unpaired) electrons. The van der Waals surface area contributed by atoms with Crippen LogP contribution in [0.3, 0.4) is 0 Å². The Kier molecular flexibility index (Phi) is 5.69. The molecular formula is C25H27N7O. The molecule has 0 saturated heterocycles. The van der Waals surface area contributed by atoms with Crippen molar-refractivity contribution < 1.29 is 4.74 Å². The van der Waals surface area contributed by atoms with E-state index in [-0.39, 0.29) is 6.10 Å². The summed E-state index contributed by atoms with van der Waals surface area (Å²) in [7, 11) is 1.91. The molecule has 8 nitrogen and oxygen atoms in total. The van der Waals surface area contributed by atoms with E-state index in [9.17, 15) is 0 Å². The maximum Gasteiger partial charge on any atom is 0.128 e. The summed E-state index contributed by atoms with van der Waals surface area (Å²) in [5.74, 6) is 1.63. The number of hydrogen-bond donors (Lipinski definition) is 1. The van der Waals surface area contributed by atoms with Gasteiger partial charge in [0.15, 0.2) is 0 Å². The first-order chi connectivity index (χ1) is 16.1. The summed E-state index contributed by atoms with van der Waals surface area (Å²) in [5.41, 5.74) is 3.62. The van der Waals surface area contributed by atoms with E-state index < -0.39 is 0 Å². The van der Waals surface area contributed by atoms with Crippen LogP contribution in [0.2, 0.25) is 0 Å². The maximum atomic E-state index is 9.12. The molecule has 1 aliphatic rings. The molecule has 168 valence electrons. The Balaban J connectivity index is 1.40. The van der Waals surface area contributed by atoms with Gasteiger partial charge in [0.05, 0.1) is 35.5 Å². The van der Waals surface area contributed by atoms with Crippen LogP contribution < -0.4 is 10.1 Å². The number of fused-ring (bicyclic) bond motifs is 1. The molecule has 1 saturated carbocycles. The highest BCUT2D eigenvalue weighted by Crippen LogP contribution is 2.36. The Labute approximate surface area is 192 Å². The molecule has 3 heterocycles. The van der Waals surface area contributed by atoms with E-state index in [4.69, 9.17) is 15.1 Å². The minimum absolute atomic E-state index is 0.147. The van der Waals surface area contributed by atoms with Crippen molar-refractivity contribution >= 4 is 16.7 Å². The summed E-state index contributed by atoms with van der Waals surface area (Å²) in [6, 6.07) is 12.0. The molecule has 0 spiro atoms. The standard InChI is InChI=1S/C25H27N7O/c1-3-27-24-12-23-22(15-28-24)25(18-14-29-31(2)16-18)30-32(23)19-7-9-20(10-8-19)33-21-6-4-5-17(11-21)13-26/h4-6,11-12,14-16,19-20H,3,7-10H2,1-2H3,(H,27,28)/t19-,20+. The number of rotatable bonds is 6. The topological polar surface area (TPSA) is 93.6 Å². The molecule has 3 aromatic heterocycles. The van der Waals surface area contributed by atoms with Crippen LogP contribution in [0.5, 0.6) is 5.75 Å². The van der Waals surface area contributed by atoms with Crippen molar-refractivity contribution in [3.05, 3.63) is 54.5 Å². The van der Waals surface area contributed by atoms with Gasteiger partial charge < -0.3 is 10.1 Å². The average molecular weight is 442 g/mol. The van der Waals surface area contributed by atoms with Gasteiger partial charge in [-0.1, -0.05) is 6.07 Å². The van der Waals surface area contributed by atoms with Gasteiger partial charge in [0.25, 0.3) is 0 Å². The number of nitriles is 1. The molecule has 0 bridgehead atoms. The van der Waals surface area contributed by atoms with Crippen molar-refractivity contribution in [3.63, 3.8) is 0 Å². The van der Waals surface area contributed by atoms with Gasteiger partial charge in [-0.2, -0.15) is 15.5 Å². The number of aryl methyl sites for hydroxylation is 1. The second kappa shape index (κ2) is 8.94. The van der Waals surface area contributed by atoms with Gasteiger partial charge in [-0.3, -0.25) is 9.36 Å². The van der Waals surface area contributed by atoms with Crippen LogP contribution >= 0.6 is 0 Å². The van der Waals surface area contributed by atoms with Gasteiger partial charge in [-0.05, 0) is 50.8 Å². The van der Waals surface area contributed by atoms with Gasteiger partial charge >= 0.3 is 0 Å². The van der Waals surface area contributed by atoms with E-state index in [2.05, 4.69) is 39.1 Å². The highest BCUT2D eigenvalue weighted by Gasteiger charge is 2.27. The Bertz CT molecular complexity index is 1310. The first kappa shape index (κ1) is 21.0. The van der Waals surface area contributed by atoms with Crippen LogP contribution in [0.1, 0.15) is 44.2 Å². The zero-order chi connectivity index (χ0) is 22.8. The van der Waals surface area contributed by atoms with Crippen LogP contribution in [0.25, 0.3) is 22.2 Å². The second-order valence-electron chi connectivity index (χ2n) is 8.50. The lowest BCUT2D eigenvalue weighted by Gasteiger charge is -2.29. The predicted octanol–water partition coefficient (Wildman–Crippen LogP) is 4.70. The van der Waals surface area contributed by atoms with Crippen molar-refractivity contribution in [2.75, 3.05) is 11.9 Å². The van der Waals surface area contributed by atoms with E-state index in [1.165, 1.54) is 0 Å². The van der Waals surface area contributed by atoms with Crippen LogP contribution in [0.4, 0.5) is 5.82 Å². The van der Waals surface area contributed by atoms with Crippen LogP contribution in [0, 0.1) is 11.3 Å². The smallest absolute Gasteiger partial charge is 0.128 e. The molecule has 1 N–H and O–H groups in total. The third kappa shape index (κ3) is 4.27. The summed E-state index contributed by atoms with van der Waals surface area (Å²) in [5, 5.41) is 22.9. The van der Waals surface area contributed by atoms with Crippen LogP contribution in [0.15, 0.2) is 48.9 Å². The van der Waals surface area contributed by atoms with Crippen molar-refractivity contribution in [3.8, 4) is 23.1 Å². The molecule has 33 heavy (non-hydrogen) atoms. The Morgan fingerprint density at radius 2 is 2.03 bits per heavy atom. The highest BCUT2D eigenvalue weighted by atomic mass is 16.5. The first-order valence-corrected chi connectivity index (χ1v) is 11.4. The third-order valence-electron chi connectivity index (χ3n) is 6.18. The van der Waals surface area contributed by atoms with Crippen molar-refractivity contribution in [2.24, 2.45) is 7.05 Å². The minimum atomic E-state index is 0.147. The Hall–Kier alpha value is -3.86. The van der Waals surface area contributed by atoms with Gasteiger partial charge in [0.2, 0.25) is 0 Å². The van der Waals surface area contributed by atoms with Gasteiger partial charge in [-0.15, -0.1) is 0 Å². The molecule has 4 aromatic rings. The van der Waals surface area contributed by atoms with E-state index in [0.717, 1.165) is 66.0 Å². The zero-order valence-corrected chi connectivity index (χ0v) is 18.9. The number of anilines is 1. The van der Waals surface area contributed by atoms with Gasteiger partial charge in [0.1, 0.15) is 17.3 Å². The maximum absolute atomic E-state index is 9.12. The molecule has 1 fully saturated rings. The fourth-order valence-corrected chi connectivity index (χ4v) is 4.58. The number of nitrogens with one attached hydrogen (secondary N) is 1. The second-order valence-corrected chi connectivity index (χ2v) is 8.50. The largest absolute Gasteiger partial charge is 0.490 e. The molecule has 1 aliphatic carbocycles. The van der Waals surface area contributed by atoms with Crippen LogP contribution in [-0.4, -0.2) is 37.2 Å². The number of nitrogens with zero attached hydrogens (tertiary/aromatic N) is 6. The molecule has 5 rings (SSSR count).